The molecule has 0 atom stereocenters. The fraction of sp³-hybridized carbons (Fsp3) is 0.647. The Morgan fingerprint density at radius 2 is 1.14 bits per heavy atom. The van der Waals surface area contributed by atoms with E-state index in [2.05, 4.69) is 25.3 Å². The van der Waals surface area contributed by atoms with Crippen molar-refractivity contribution in [2.75, 3.05) is 46.8 Å². The predicted molar refractivity (Wildman–Crippen MR) is 165 cm³/mol. The molecule has 1 aromatic carbocycles. The van der Waals surface area contributed by atoms with Crippen LogP contribution in [0.5, 0.6) is 0 Å². The van der Waals surface area contributed by atoms with Crippen molar-refractivity contribution in [3.05, 3.63) is 60.7 Å². The molecule has 238 valence electrons. The molecule has 2 aliphatic heterocycles. The van der Waals surface area contributed by atoms with Gasteiger partial charge in [-0.25, -0.2) is 0 Å². The van der Waals surface area contributed by atoms with Crippen molar-refractivity contribution in [3.8, 4) is 0 Å². The van der Waals surface area contributed by atoms with Crippen LogP contribution < -0.4 is 0 Å². The van der Waals surface area contributed by atoms with Crippen molar-refractivity contribution in [1.29, 1.82) is 0 Å². The number of ether oxygens (including phenoxy) is 6. The van der Waals surface area contributed by atoms with Crippen LogP contribution in [0.4, 0.5) is 0 Å². The average molecular weight is 591 g/mol. The number of hydrogen-bond acceptors (Lipinski definition) is 8. The van der Waals surface area contributed by atoms with Crippen molar-refractivity contribution in [1.82, 2.24) is 0 Å². The quantitative estimate of drug-likeness (QED) is 0.0762. The Bertz CT molecular complexity index is 808. The van der Waals surface area contributed by atoms with Gasteiger partial charge in [0.1, 0.15) is 6.29 Å². The van der Waals surface area contributed by atoms with Gasteiger partial charge in [-0.3, -0.25) is 9.59 Å². The molecule has 8 nitrogen and oxygen atoms in total. The lowest BCUT2D eigenvalue weighted by atomic mass is 10.00. The van der Waals surface area contributed by atoms with Crippen LogP contribution in [0, 0.1) is 11.8 Å². The Hall–Kier alpha value is -2.36. The fourth-order valence-electron chi connectivity index (χ4n) is 4.77. The molecule has 0 unspecified atom stereocenters. The predicted octanol–water partition coefficient (Wildman–Crippen LogP) is 7.29. The number of methoxy groups -OCH3 is 1. The Kier molecular flexibility index (Phi) is 23.6. The Labute approximate surface area is 253 Å². The van der Waals surface area contributed by atoms with E-state index in [1.807, 2.05) is 19.1 Å². The van der Waals surface area contributed by atoms with Gasteiger partial charge in [-0.15, -0.1) is 6.58 Å². The molecule has 0 saturated carbocycles. The molecular weight excluding hydrogens is 536 g/mol. The maximum Gasteiger partial charge on any atom is 0.293 e. The lowest BCUT2D eigenvalue weighted by Crippen LogP contribution is -2.30. The molecule has 3 rings (SSSR count). The maximum atomic E-state index is 10.2. The zero-order chi connectivity index (χ0) is 30.7. The van der Waals surface area contributed by atoms with Crippen molar-refractivity contribution in [3.63, 3.8) is 0 Å². The van der Waals surface area contributed by atoms with Crippen molar-refractivity contribution in [2.45, 2.75) is 83.7 Å². The highest BCUT2D eigenvalue weighted by molar-refractivity contribution is 5.63. The lowest BCUT2D eigenvalue weighted by Gasteiger charge is -2.34. The first-order chi connectivity index (χ1) is 20.6. The number of carbonyl (C=O) groups is 2. The Morgan fingerprint density at radius 1 is 0.738 bits per heavy atom. The number of rotatable bonds is 18. The molecule has 42 heavy (non-hydrogen) atoms. The van der Waals surface area contributed by atoms with Gasteiger partial charge in [-0.05, 0) is 38.7 Å². The zero-order valence-electron chi connectivity index (χ0n) is 25.9. The monoisotopic (exact) mass is 590 g/mol. The maximum absolute atomic E-state index is 10.2. The molecule has 0 N–H and O–H groups in total. The zero-order valence-corrected chi connectivity index (χ0v) is 25.9. The van der Waals surface area contributed by atoms with Gasteiger partial charge in [-0.1, -0.05) is 75.4 Å². The van der Waals surface area contributed by atoms with E-state index in [9.17, 15) is 4.79 Å². The molecule has 0 radical (unpaired) electrons. The fourth-order valence-corrected chi connectivity index (χ4v) is 4.77. The first-order valence-corrected chi connectivity index (χ1v) is 15.4. The second-order valence-corrected chi connectivity index (χ2v) is 10.5. The number of aldehydes is 1. The molecule has 2 heterocycles. The summed E-state index contributed by atoms with van der Waals surface area (Å²) in [5.41, 5.74) is 2.01. The highest BCUT2D eigenvalue weighted by Crippen LogP contribution is 2.35. The highest BCUT2D eigenvalue weighted by Gasteiger charge is 2.30. The van der Waals surface area contributed by atoms with E-state index >= 15 is 0 Å². The molecular formula is C34H54O8. The minimum atomic E-state index is -0.375. The third-order valence-corrected chi connectivity index (χ3v) is 6.94. The van der Waals surface area contributed by atoms with Gasteiger partial charge >= 0.3 is 0 Å². The first kappa shape index (κ1) is 37.7. The van der Waals surface area contributed by atoms with E-state index in [1.165, 1.54) is 25.3 Å². The van der Waals surface area contributed by atoms with Crippen molar-refractivity contribution >= 4 is 12.8 Å². The molecule has 2 fully saturated rings. The van der Waals surface area contributed by atoms with Crippen LogP contribution in [0.2, 0.25) is 0 Å². The molecule has 8 heteroatoms. The summed E-state index contributed by atoms with van der Waals surface area (Å²) in [6.45, 7) is 13.1. The number of hydrogen-bond donors (Lipinski definition) is 0. The van der Waals surface area contributed by atoms with Gasteiger partial charge in [-0.2, -0.15) is 0 Å². The van der Waals surface area contributed by atoms with Crippen LogP contribution in [-0.4, -0.2) is 59.5 Å². The smallest absolute Gasteiger partial charge is 0.293 e. The summed E-state index contributed by atoms with van der Waals surface area (Å²) in [4.78, 5) is 19.2. The van der Waals surface area contributed by atoms with E-state index in [-0.39, 0.29) is 12.6 Å². The topological polar surface area (TPSA) is 89.5 Å². The molecule has 2 saturated heterocycles. The molecule has 0 bridgehead atoms. The Morgan fingerprint density at radius 3 is 1.52 bits per heavy atom. The van der Waals surface area contributed by atoms with E-state index in [1.54, 1.807) is 13.2 Å². The summed E-state index contributed by atoms with van der Waals surface area (Å²) in [6.07, 6.45) is 14.2. The van der Waals surface area contributed by atoms with Gasteiger partial charge in [0.2, 0.25) is 0 Å². The lowest BCUT2D eigenvalue weighted by molar-refractivity contribution is -0.219. The number of carbonyl (C=O) groups excluding carboxylic acids is 2. The van der Waals surface area contributed by atoms with Gasteiger partial charge in [0.25, 0.3) is 6.47 Å². The van der Waals surface area contributed by atoms with Crippen LogP contribution in [0.3, 0.4) is 0 Å². The van der Waals surface area contributed by atoms with E-state index in [0.717, 1.165) is 75.9 Å². The highest BCUT2D eigenvalue weighted by atomic mass is 16.7. The van der Waals surface area contributed by atoms with Crippen LogP contribution in [0.15, 0.2) is 49.6 Å². The van der Waals surface area contributed by atoms with Crippen LogP contribution >= 0.6 is 0 Å². The number of unbranched alkanes of at least 4 members (excludes halogenated alkanes) is 6. The van der Waals surface area contributed by atoms with Gasteiger partial charge in [0.15, 0.2) is 12.6 Å². The van der Waals surface area contributed by atoms with Gasteiger partial charge in [0, 0.05) is 36.7 Å². The van der Waals surface area contributed by atoms with Gasteiger partial charge < -0.3 is 28.4 Å². The largest absolute Gasteiger partial charge is 0.468 e. The Balaban J connectivity index is 0.00000114. The summed E-state index contributed by atoms with van der Waals surface area (Å²) >= 11 is 0. The summed E-state index contributed by atoms with van der Waals surface area (Å²) < 4.78 is 34.4. The van der Waals surface area contributed by atoms with E-state index < -0.39 is 0 Å². The summed E-state index contributed by atoms with van der Waals surface area (Å²) in [5, 5.41) is 0. The number of benzene rings is 1. The average Bonchev–Trinajstić information content (AvgIpc) is 3.03. The van der Waals surface area contributed by atoms with Crippen molar-refractivity contribution in [2.24, 2.45) is 11.8 Å². The van der Waals surface area contributed by atoms with Crippen molar-refractivity contribution < 1.29 is 38.0 Å². The van der Waals surface area contributed by atoms with E-state index in [0.29, 0.717) is 44.4 Å². The third-order valence-electron chi connectivity index (χ3n) is 6.94. The minimum absolute atomic E-state index is 0.364. The molecule has 0 aromatic heterocycles. The second-order valence-electron chi connectivity index (χ2n) is 10.5. The van der Waals surface area contributed by atoms with Crippen LogP contribution in [-0.2, 0) is 38.0 Å². The summed E-state index contributed by atoms with van der Waals surface area (Å²) in [6, 6.07) is 8.15. The molecule has 0 spiro atoms. The molecule has 1 aromatic rings. The third kappa shape index (κ3) is 16.9. The first-order valence-electron chi connectivity index (χ1n) is 15.4. The van der Waals surface area contributed by atoms with Crippen LogP contribution in [0.1, 0.15) is 94.8 Å². The SMILES string of the molecule is C=CC.C=CC=O.COCCCCCCC1COC(c2ccccc2C2OCC(CCCCCCOC=O)CO2)OC1. The normalized spacial score (nSPS) is 21.5. The standard InChI is InChI=1S/C28H44O7.C3H4O.C3H6/c1-30-16-10-4-2-6-12-23-18-32-27(33-19-23)25-14-8-9-15-26(25)28-34-20-24(21-35-28)13-7-3-5-11-17-31-22-29;1-2-3-4;1-3-2/h8-9,14-15,22-24,27-28H,2-7,10-13,16-21H2,1H3;2-3H,1H2;3H,1H2,2H3. The number of allylic oxidation sites excluding steroid dienone is 2. The van der Waals surface area contributed by atoms with E-state index in [4.69, 9.17) is 33.2 Å². The minimum Gasteiger partial charge on any atom is -0.468 e. The second kappa shape index (κ2) is 26.3. The molecule has 0 aliphatic carbocycles. The van der Waals surface area contributed by atoms with Gasteiger partial charge in [0.05, 0.1) is 33.0 Å². The molecule has 0 amide bonds. The van der Waals surface area contributed by atoms with Crippen LogP contribution in [0.25, 0.3) is 0 Å². The summed E-state index contributed by atoms with van der Waals surface area (Å²) in [5.74, 6) is 0.878. The molecule has 2 aliphatic rings. The summed E-state index contributed by atoms with van der Waals surface area (Å²) in [7, 11) is 1.76.